The number of ether oxygens (including phenoxy) is 1. The molecule has 0 aromatic heterocycles. The maximum atomic E-state index is 12.1. The number of imide groups is 1. The van der Waals surface area contributed by atoms with E-state index in [2.05, 4.69) is 10.6 Å². The summed E-state index contributed by atoms with van der Waals surface area (Å²) in [6.07, 6.45) is 0.0879. The second-order valence-electron chi connectivity index (χ2n) is 6.85. The van der Waals surface area contributed by atoms with Crippen LogP contribution in [0.5, 0.6) is 5.75 Å². The lowest BCUT2D eigenvalue weighted by atomic mass is 10.2. The molecule has 1 aliphatic heterocycles. The van der Waals surface area contributed by atoms with Gasteiger partial charge in [-0.25, -0.2) is 4.79 Å². The zero-order valence-corrected chi connectivity index (χ0v) is 17.1. The Hall–Kier alpha value is -3.00. The number of carbonyl (C=O) groups excluding carboxylic acids is 3. The molecule has 0 saturated carbocycles. The zero-order valence-electron chi connectivity index (χ0n) is 16.3. The van der Waals surface area contributed by atoms with E-state index < -0.39 is 0 Å². The molecule has 152 valence electrons. The number of thioether (sulfide) groups is 1. The van der Waals surface area contributed by atoms with Crippen LogP contribution in [-0.2, 0) is 17.9 Å². The Labute approximate surface area is 173 Å². The van der Waals surface area contributed by atoms with E-state index in [4.69, 9.17) is 4.74 Å². The van der Waals surface area contributed by atoms with Crippen LogP contribution in [-0.4, -0.2) is 33.9 Å². The number of anilines is 1. The molecule has 2 N–H and O–H groups in total. The molecule has 4 amide bonds. The topological polar surface area (TPSA) is 87.7 Å². The highest BCUT2D eigenvalue weighted by Gasteiger charge is 2.29. The van der Waals surface area contributed by atoms with Gasteiger partial charge < -0.3 is 15.4 Å². The first-order chi connectivity index (χ1) is 13.9. The van der Waals surface area contributed by atoms with E-state index in [0.29, 0.717) is 12.2 Å². The Kier molecular flexibility index (Phi) is 6.77. The monoisotopic (exact) mass is 413 g/mol. The number of nitrogens with one attached hydrogen (secondary N) is 2. The number of nitrogens with zero attached hydrogens (tertiary/aromatic N) is 1. The van der Waals surface area contributed by atoms with E-state index in [1.165, 1.54) is 4.90 Å². The van der Waals surface area contributed by atoms with E-state index >= 15 is 0 Å². The number of urea groups is 1. The summed E-state index contributed by atoms with van der Waals surface area (Å²) in [5, 5.41) is 5.35. The molecule has 29 heavy (non-hydrogen) atoms. The van der Waals surface area contributed by atoms with Crippen LogP contribution in [0, 0.1) is 0 Å². The zero-order chi connectivity index (χ0) is 20.8. The van der Waals surface area contributed by atoms with Gasteiger partial charge in [-0.15, -0.1) is 0 Å². The number of hydrogen-bond donors (Lipinski definition) is 2. The molecule has 0 atom stereocenters. The summed E-state index contributed by atoms with van der Waals surface area (Å²) in [5.41, 5.74) is 2.38. The fourth-order valence-corrected chi connectivity index (χ4v) is 3.49. The van der Waals surface area contributed by atoms with Crippen LogP contribution in [0.25, 0.3) is 0 Å². The molecule has 0 bridgehead atoms. The smallest absolute Gasteiger partial charge is 0.319 e. The molecule has 2 aromatic carbocycles. The maximum Gasteiger partial charge on any atom is 0.319 e. The molecular weight excluding hydrogens is 390 g/mol. The molecular formula is C21H23N3O4S. The summed E-state index contributed by atoms with van der Waals surface area (Å²) >= 11 is 1.02. The van der Waals surface area contributed by atoms with Crippen molar-refractivity contribution in [1.82, 2.24) is 10.2 Å². The summed E-state index contributed by atoms with van der Waals surface area (Å²) in [7, 11) is 0. The van der Waals surface area contributed by atoms with E-state index in [-0.39, 0.29) is 35.6 Å². The third kappa shape index (κ3) is 5.99. The molecule has 2 aromatic rings. The van der Waals surface area contributed by atoms with Crippen LogP contribution in [0.3, 0.4) is 0 Å². The summed E-state index contributed by atoms with van der Waals surface area (Å²) in [5.74, 6) is 0.790. The largest absolute Gasteiger partial charge is 0.491 e. The summed E-state index contributed by atoms with van der Waals surface area (Å²) in [6.45, 7) is 4.54. The highest BCUT2D eigenvalue weighted by Crippen LogP contribution is 2.22. The first-order valence-corrected chi connectivity index (χ1v) is 10.3. The standard InChI is InChI=1S/C21H23N3O4S/c1-14(2)28-18-5-3-4-16(10-18)11-22-20(26)23-17-8-6-15(7-9-17)12-24-19(25)13-29-21(24)27/h3-10,14H,11-13H2,1-2H3,(H2,22,23,26). The van der Waals surface area contributed by atoms with Crippen LogP contribution >= 0.6 is 11.8 Å². The molecule has 7 nitrogen and oxygen atoms in total. The van der Waals surface area contributed by atoms with Gasteiger partial charge in [0.2, 0.25) is 5.91 Å². The molecule has 8 heteroatoms. The van der Waals surface area contributed by atoms with Crippen molar-refractivity contribution in [2.24, 2.45) is 0 Å². The number of benzene rings is 2. The highest BCUT2D eigenvalue weighted by molar-refractivity contribution is 8.14. The van der Waals surface area contributed by atoms with Crippen LogP contribution in [0.15, 0.2) is 48.5 Å². The predicted octanol–water partition coefficient (Wildman–Crippen LogP) is 3.99. The van der Waals surface area contributed by atoms with Gasteiger partial charge in [0, 0.05) is 12.2 Å². The third-order valence-electron chi connectivity index (χ3n) is 4.12. The van der Waals surface area contributed by atoms with E-state index in [1.54, 1.807) is 24.3 Å². The van der Waals surface area contributed by atoms with Crippen LogP contribution in [0.4, 0.5) is 15.3 Å². The van der Waals surface area contributed by atoms with Crippen LogP contribution in [0.1, 0.15) is 25.0 Å². The van der Waals surface area contributed by atoms with Crippen molar-refractivity contribution in [3.8, 4) is 5.75 Å². The minimum atomic E-state index is -0.325. The van der Waals surface area contributed by atoms with E-state index in [9.17, 15) is 14.4 Å². The quantitative estimate of drug-likeness (QED) is 0.717. The summed E-state index contributed by atoms with van der Waals surface area (Å²) in [4.78, 5) is 36.7. The van der Waals surface area contributed by atoms with Gasteiger partial charge in [-0.2, -0.15) is 0 Å². The molecule has 1 saturated heterocycles. The highest BCUT2D eigenvalue weighted by atomic mass is 32.2. The summed E-state index contributed by atoms with van der Waals surface area (Å²) < 4.78 is 5.65. The van der Waals surface area contributed by atoms with Crippen molar-refractivity contribution in [2.45, 2.75) is 33.0 Å². The van der Waals surface area contributed by atoms with Crippen LogP contribution < -0.4 is 15.4 Å². The van der Waals surface area contributed by atoms with Gasteiger partial charge >= 0.3 is 6.03 Å². The number of rotatable bonds is 7. The van der Waals surface area contributed by atoms with Gasteiger partial charge in [-0.1, -0.05) is 36.0 Å². The molecule has 3 rings (SSSR count). The molecule has 1 aliphatic rings. The van der Waals surface area contributed by atoms with Crippen LogP contribution in [0.2, 0.25) is 0 Å². The van der Waals surface area contributed by atoms with Gasteiger partial charge in [0.05, 0.1) is 18.4 Å². The second kappa shape index (κ2) is 9.47. The van der Waals surface area contributed by atoms with Crippen molar-refractivity contribution in [1.29, 1.82) is 0 Å². The molecule has 0 aliphatic carbocycles. The van der Waals surface area contributed by atoms with Gasteiger partial charge in [0.25, 0.3) is 5.24 Å². The van der Waals surface area contributed by atoms with Crippen molar-refractivity contribution < 1.29 is 19.1 Å². The lowest BCUT2D eigenvalue weighted by Crippen LogP contribution is -2.28. The molecule has 0 unspecified atom stereocenters. The Bertz CT molecular complexity index is 883. The molecule has 1 heterocycles. The average molecular weight is 413 g/mol. The first kappa shape index (κ1) is 20.7. The Morgan fingerprint density at radius 3 is 2.55 bits per heavy atom. The number of amides is 4. The average Bonchev–Trinajstić information content (AvgIpc) is 3.00. The number of carbonyl (C=O) groups is 3. The minimum absolute atomic E-state index is 0.0879. The van der Waals surface area contributed by atoms with Gasteiger partial charge in [0.1, 0.15) is 5.75 Å². The van der Waals surface area contributed by atoms with Crippen molar-refractivity contribution in [3.05, 3.63) is 59.7 Å². The lowest BCUT2D eigenvalue weighted by Gasteiger charge is -2.13. The van der Waals surface area contributed by atoms with Crippen molar-refractivity contribution >= 4 is 34.6 Å². The maximum absolute atomic E-state index is 12.1. The van der Waals surface area contributed by atoms with Gasteiger partial charge in [-0.3, -0.25) is 14.5 Å². The van der Waals surface area contributed by atoms with E-state index in [0.717, 1.165) is 28.6 Å². The number of hydrogen-bond acceptors (Lipinski definition) is 5. The normalized spacial score (nSPS) is 13.7. The van der Waals surface area contributed by atoms with E-state index in [1.807, 2.05) is 38.1 Å². The van der Waals surface area contributed by atoms with Gasteiger partial charge in [0.15, 0.2) is 0 Å². The minimum Gasteiger partial charge on any atom is -0.491 e. The summed E-state index contributed by atoms with van der Waals surface area (Å²) in [6, 6.07) is 14.3. The molecule has 0 spiro atoms. The Morgan fingerprint density at radius 1 is 1.14 bits per heavy atom. The Balaban J connectivity index is 1.49. The van der Waals surface area contributed by atoms with Crippen molar-refractivity contribution in [3.63, 3.8) is 0 Å². The predicted molar refractivity (Wildman–Crippen MR) is 113 cm³/mol. The Morgan fingerprint density at radius 2 is 1.90 bits per heavy atom. The fourth-order valence-electron chi connectivity index (χ4n) is 2.77. The first-order valence-electron chi connectivity index (χ1n) is 9.27. The SMILES string of the molecule is CC(C)Oc1cccc(CNC(=O)Nc2ccc(CN3C(=O)CSC3=O)cc2)c1. The lowest BCUT2D eigenvalue weighted by molar-refractivity contribution is -0.125. The fraction of sp³-hybridized carbons (Fsp3) is 0.286. The third-order valence-corrected chi connectivity index (χ3v) is 4.97. The molecule has 1 fully saturated rings. The molecule has 0 radical (unpaired) electrons. The van der Waals surface area contributed by atoms with Gasteiger partial charge in [-0.05, 0) is 49.2 Å². The second-order valence-corrected chi connectivity index (χ2v) is 7.78. The van der Waals surface area contributed by atoms with Crippen molar-refractivity contribution in [2.75, 3.05) is 11.1 Å².